The molecule has 0 saturated heterocycles. The van der Waals surface area contributed by atoms with Gasteiger partial charge in [-0.2, -0.15) is 0 Å². The molecule has 0 heterocycles. The topological polar surface area (TPSA) is 148 Å². The van der Waals surface area contributed by atoms with E-state index in [0.717, 1.165) is 0 Å². The molecule has 0 bridgehead atoms. The zero-order chi connectivity index (χ0) is 14.3. The number of carbonyl (C=O) groups excluding carboxylic acids is 1. The third-order valence-electron chi connectivity index (χ3n) is 2.28. The molecule has 18 heavy (non-hydrogen) atoms. The first-order valence-electron chi connectivity index (χ1n) is 5.55. The van der Waals surface area contributed by atoms with Crippen LogP contribution < -0.4 is 0 Å². The van der Waals surface area contributed by atoms with Crippen LogP contribution in [0, 0.1) is 0 Å². The number of hydrogen-bond acceptors (Lipinski definition) is 8. The molecular formula is C10H20O8. The smallest absolute Gasteiger partial charge is 0.308 e. The summed E-state index contributed by atoms with van der Waals surface area (Å²) in [5.74, 6) is -0.770. The molecule has 0 aliphatic carbocycles. The lowest BCUT2D eigenvalue weighted by Gasteiger charge is -2.27. The molecule has 0 aliphatic heterocycles. The predicted molar refractivity (Wildman–Crippen MR) is 58.1 cm³/mol. The molecule has 8 nitrogen and oxygen atoms in total. The molecular weight excluding hydrogens is 248 g/mol. The Morgan fingerprint density at radius 1 is 1.06 bits per heavy atom. The maximum absolute atomic E-state index is 11.0. The molecule has 0 aliphatic rings. The third kappa shape index (κ3) is 5.25. The Morgan fingerprint density at radius 2 is 1.61 bits per heavy atom. The quantitative estimate of drug-likeness (QED) is 0.203. The van der Waals surface area contributed by atoms with Gasteiger partial charge in [-0.3, -0.25) is 4.79 Å². The Labute approximate surface area is 104 Å². The van der Waals surface area contributed by atoms with Crippen LogP contribution in [0.2, 0.25) is 0 Å². The zero-order valence-corrected chi connectivity index (χ0v) is 10.0. The second kappa shape index (κ2) is 8.35. The van der Waals surface area contributed by atoms with E-state index >= 15 is 0 Å². The number of carbonyl (C=O) groups is 1. The Balaban J connectivity index is 4.35. The molecule has 6 N–H and O–H groups in total. The van der Waals surface area contributed by atoms with Gasteiger partial charge in [-0.15, -0.1) is 0 Å². The maximum Gasteiger partial charge on any atom is 0.308 e. The van der Waals surface area contributed by atoms with Gasteiger partial charge < -0.3 is 35.4 Å². The van der Waals surface area contributed by atoms with Gasteiger partial charge in [0.2, 0.25) is 6.29 Å². The van der Waals surface area contributed by atoms with Crippen molar-refractivity contribution in [2.75, 3.05) is 6.61 Å². The van der Waals surface area contributed by atoms with Gasteiger partial charge in [0.15, 0.2) is 0 Å². The average Bonchev–Trinajstić information content (AvgIpc) is 2.35. The monoisotopic (exact) mass is 268 g/mol. The van der Waals surface area contributed by atoms with Crippen LogP contribution in [0.15, 0.2) is 0 Å². The van der Waals surface area contributed by atoms with Gasteiger partial charge in [0.1, 0.15) is 24.4 Å². The van der Waals surface area contributed by atoms with Gasteiger partial charge in [-0.1, -0.05) is 6.92 Å². The number of aliphatic hydroxyl groups excluding tert-OH is 6. The molecule has 0 saturated carbocycles. The summed E-state index contributed by atoms with van der Waals surface area (Å²) in [7, 11) is 0. The van der Waals surface area contributed by atoms with E-state index in [1.165, 1.54) is 0 Å². The van der Waals surface area contributed by atoms with E-state index in [2.05, 4.69) is 4.74 Å². The lowest BCUT2D eigenvalue weighted by molar-refractivity contribution is -0.213. The molecule has 0 aromatic rings. The zero-order valence-electron chi connectivity index (χ0n) is 10.0. The highest BCUT2D eigenvalue weighted by atomic mass is 16.6. The van der Waals surface area contributed by atoms with Crippen LogP contribution >= 0.6 is 0 Å². The summed E-state index contributed by atoms with van der Waals surface area (Å²) in [5.41, 5.74) is 0. The highest BCUT2D eigenvalue weighted by molar-refractivity contribution is 5.69. The number of esters is 1. The van der Waals surface area contributed by atoms with E-state index in [9.17, 15) is 25.2 Å². The molecule has 5 atom stereocenters. The number of rotatable bonds is 8. The molecule has 1 unspecified atom stereocenters. The molecule has 0 rings (SSSR count). The van der Waals surface area contributed by atoms with Crippen molar-refractivity contribution in [3.63, 3.8) is 0 Å². The largest absolute Gasteiger partial charge is 0.433 e. The van der Waals surface area contributed by atoms with Gasteiger partial charge in [0.25, 0.3) is 0 Å². The summed E-state index contributed by atoms with van der Waals surface area (Å²) < 4.78 is 4.39. The van der Waals surface area contributed by atoms with Gasteiger partial charge in [0.05, 0.1) is 6.61 Å². The highest BCUT2D eigenvalue weighted by Crippen LogP contribution is 2.10. The second-order valence-corrected chi connectivity index (χ2v) is 3.85. The van der Waals surface area contributed by atoms with Crippen LogP contribution in [0.1, 0.15) is 19.8 Å². The van der Waals surface area contributed by atoms with Crippen molar-refractivity contribution >= 4 is 5.97 Å². The van der Waals surface area contributed by atoms with E-state index in [-0.39, 0.29) is 6.42 Å². The Bertz CT molecular complexity index is 246. The van der Waals surface area contributed by atoms with E-state index in [4.69, 9.17) is 10.2 Å². The van der Waals surface area contributed by atoms with Crippen molar-refractivity contribution in [2.24, 2.45) is 0 Å². The minimum atomic E-state index is -2.03. The van der Waals surface area contributed by atoms with Crippen molar-refractivity contribution in [3.05, 3.63) is 0 Å². The van der Waals surface area contributed by atoms with Gasteiger partial charge in [-0.25, -0.2) is 0 Å². The molecule has 0 spiro atoms. The minimum absolute atomic E-state index is 0.0295. The van der Waals surface area contributed by atoms with Crippen LogP contribution in [-0.4, -0.2) is 73.9 Å². The molecule has 0 radical (unpaired) electrons. The summed E-state index contributed by atoms with van der Waals surface area (Å²) in [6.07, 6.45) is -9.06. The van der Waals surface area contributed by atoms with E-state index in [0.29, 0.717) is 6.42 Å². The van der Waals surface area contributed by atoms with Gasteiger partial charge in [-0.05, 0) is 6.42 Å². The number of hydrogen-bond donors (Lipinski definition) is 6. The predicted octanol–water partition coefficient (Wildman–Crippen LogP) is -2.92. The van der Waals surface area contributed by atoms with Gasteiger partial charge >= 0.3 is 5.97 Å². The van der Waals surface area contributed by atoms with E-state index < -0.39 is 43.3 Å². The third-order valence-corrected chi connectivity index (χ3v) is 2.28. The van der Waals surface area contributed by atoms with Crippen molar-refractivity contribution in [1.82, 2.24) is 0 Å². The molecule has 0 fully saturated rings. The Hall–Kier alpha value is -0.770. The van der Waals surface area contributed by atoms with E-state index in [1.54, 1.807) is 6.92 Å². The Morgan fingerprint density at radius 3 is 2.06 bits per heavy atom. The van der Waals surface area contributed by atoms with Crippen LogP contribution in [0.5, 0.6) is 0 Å². The van der Waals surface area contributed by atoms with Crippen LogP contribution in [-0.2, 0) is 9.53 Å². The van der Waals surface area contributed by atoms with Gasteiger partial charge in [0, 0.05) is 6.42 Å². The van der Waals surface area contributed by atoms with Crippen LogP contribution in [0.25, 0.3) is 0 Å². The first-order valence-corrected chi connectivity index (χ1v) is 5.55. The lowest BCUT2D eigenvalue weighted by Crippen LogP contribution is -2.50. The lowest BCUT2D eigenvalue weighted by atomic mass is 10.0. The molecule has 108 valence electrons. The van der Waals surface area contributed by atoms with Crippen molar-refractivity contribution in [3.8, 4) is 0 Å². The number of ether oxygens (including phenoxy) is 1. The molecule has 0 aromatic heterocycles. The maximum atomic E-state index is 11.0. The fourth-order valence-electron chi connectivity index (χ4n) is 1.17. The van der Waals surface area contributed by atoms with Crippen LogP contribution in [0.4, 0.5) is 0 Å². The number of aliphatic hydroxyl groups is 6. The van der Waals surface area contributed by atoms with E-state index in [1.807, 2.05) is 0 Å². The first-order chi connectivity index (χ1) is 8.34. The SMILES string of the molecule is CCCC(=O)OC(O)[C@H](O)[C@H](O)[C@H](O)[C@H](O)CO. The second-order valence-electron chi connectivity index (χ2n) is 3.85. The first kappa shape index (κ1) is 17.2. The summed E-state index contributed by atoms with van der Waals surface area (Å²) in [6, 6.07) is 0. The van der Waals surface area contributed by atoms with Crippen molar-refractivity contribution < 1.29 is 40.2 Å². The normalized spacial score (nSPS) is 19.7. The molecule has 8 heteroatoms. The van der Waals surface area contributed by atoms with Crippen LogP contribution in [0.3, 0.4) is 0 Å². The van der Waals surface area contributed by atoms with Crippen molar-refractivity contribution in [1.29, 1.82) is 0 Å². The Kier molecular flexibility index (Phi) is 8.00. The average molecular weight is 268 g/mol. The fraction of sp³-hybridized carbons (Fsp3) is 0.900. The molecule has 0 aromatic carbocycles. The summed E-state index contributed by atoms with van der Waals surface area (Å²) in [5, 5.41) is 54.9. The van der Waals surface area contributed by atoms with Crippen molar-refractivity contribution in [2.45, 2.75) is 50.5 Å². The summed E-state index contributed by atoms with van der Waals surface area (Å²) in [4.78, 5) is 11.0. The summed E-state index contributed by atoms with van der Waals surface area (Å²) >= 11 is 0. The standard InChI is InChI=1S/C10H20O8/c1-2-3-6(13)18-10(17)9(16)8(15)7(14)5(12)4-11/h5,7-12,14-17H,2-4H2,1H3/t5-,7-,8-,9-,10?/m1/s1. The molecule has 0 amide bonds. The minimum Gasteiger partial charge on any atom is -0.433 e. The fourth-order valence-corrected chi connectivity index (χ4v) is 1.17. The summed E-state index contributed by atoms with van der Waals surface area (Å²) in [6.45, 7) is 0.872. The highest BCUT2D eigenvalue weighted by Gasteiger charge is 2.35.